The average molecular weight is 274 g/mol. The Hall–Kier alpha value is -1.06. The average Bonchev–Trinajstić information content (AvgIpc) is 2.51. The summed E-state index contributed by atoms with van der Waals surface area (Å²) >= 11 is 0. The predicted octanol–water partition coefficient (Wildman–Crippen LogP) is 3.26. The first-order chi connectivity index (χ1) is 9.90. The molecule has 1 aromatic carbocycles. The maximum absolute atomic E-state index is 5.39. The summed E-state index contributed by atoms with van der Waals surface area (Å²) in [6.45, 7) is 4.92. The van der Waals surface area contributed by atoms with E-state index in [4.69, 9.17) is 4.74 Å². The molecule has 0 spiro atoms. The number of rotatable bonds is 4. The molecule has 0 amide bonds. The third kappa shape index (κ3) is 3.97. The van der Waals surface area contributed by atoms with Gasteiger partial charge in [-0.05, 0) is 30.5 Å². The first-order valence-electron chi connectivity index (χ1n) is 8.06. The molecule has 2 fully saturated rings. The van der Waals surface area contributed by atoms with Gasteiger partial charge in [0.2, 0.25) is 0 Å². The van der Waals surface area contributed by atoms with E-state index in [2.05, 4.69) is 34.5 Å². The van der Waals surface area contributed by atoms with Crippen LogP contribution in [0.15, 0.2) is 24.3 Å². The van der Waals surface area contributed by atoms with Crippen LogP contribution in [0.4, 0.5) is 5.69 Å². The third-order valence-electron chi connectivity index (χ3n) is 4.44. The van der Waals surface area contributed by atoms with Gasteiger partial charge in [-0.3, -0.25) is 4.90 Å². The highest BCUT2D eigenvalue weighted by molar-refractivity contribution is 5.45. The van der Waals surface area contributed by atoms with Crippen LogP contribution < -0.4 is 5.32 Å². The Morgan fingerprint density at radius 3 is 2.40 bits per heavy atom. The number of nitrogens with zero attached hydrogens (tertiary/aromatic N) is 1. The number of benzene rings is 1. The SMILES string of the molecule is c1cc(NC2CCCCC2)ccc1CN1CCOCC1. The second-order valence-corrected chi connectivity index (χ2v) is 6.06. The lowest BCUT2D eigenvalue weighted by Gasteiger charge is -2.27. The Morgan fingerprint density at radius 1 is 1.00 bits per heavy atom. The van der Waals surface area contributed by atoms with Gasteiger partial charge < -0.3 is 10.1 Å². The number of nitrogens with one attached hydrogen (secondary N) is 1. The Kier molecular flexibility index (Phi) is 4.93. The van der Waals surface area contributed by atoms with E-state index in [0.717, 1.165) is 32.8 Å². The molecule has 0 aromatic heterocycles. The topological polar surface area (TPSA) is 24.5 Å². The van der Waals surface area contributed by atoms with E-state index in [1.54, 1.807) is 0 Å². The highest BCUT2D eigenvalue weighted by Gasteiger charge is 2.13. The molecule has 0 atom stereocenters. The molecule has 0 unspecified atom stereocenters. The van der Waals surface area contributed by atoms with E-state index >= 15 is 0 Å². The zero-order chi connectivity index (χ0) is 13.6. The van der Waals surface area contributed by atoms with Crippen molar-refractivity contribution in [1.82, 2.24) is 4.90 Å². The normalized spacial score (nSPS) is 21.8. The van der Waals surface area contributed by atoms with Gasteiger partial charge in [-0.1, -0.05) is 31.4 Å². The minimum absolute atomic E-state index is 0.689. The molecule has 2 aliphatic rings. The molecule has 1 aromatic rings. The molecule has 1 N–H and O–H groups in total. The van der Waals surface area contributed by atoms with Crippen LogP contribution in [0.2, 0.25) is 0 Å². The molecule has 1 aliphatic carbocycles. The minimum atomic E-state index is 0.689. The predicted molar refractivity (Wildman–Crippen MR) is 83.0 cm³/mol. The summed E-state index contributed by atoms with van der Waals surface area (Å²) < 4.78 is 5.39. The summed E-state index contributed by atoms with van der Waals surface area (Å²) in [5.74, 6) is 0. The molecule has 0 bridgehead atoms. The molecule has 1 saturated carbocycles. The van der Waals surface area contributed by atoms with Crippen molar-refractivity contribution in [1.29, 1.82) is 0 Å². The molecule has 1 heterocycles. The summed E-state index contributed by atoms with van der Waals surface area (Å²) in [6, 6.07) is 9.70. The van der Waals surface area contributed by atoms with Crippen molar-refractivity contribution in [2.24, 2.45) is 0 Å². The lowest BCUT2D eigenvalue weighted by atomic mass is 9.95. The van der Waals surface area contributed by atoms with Crippen LogP contribution in [0, 0.1) is 0 Å². The van der Waals surface area contributed by atoms with Crippen molar-refractivity contribution in [3.63, 3.8) is 0 Å². The maximum atomic E-state index is 5.39. The molecule has 1 aliphatic heterocycles. The summed E-state index contributed by atoms with van der Waals surface area (Å²) in [4.78, 5) is 2.47. The lowest BCUT2D eigenvalue weighted by molar-refractivity contribution is 0.0342. The molecule has 1 saturated heterocycles. The van der Waals surface area contributed by atoms with Crippen LogP contribution in [-0.4, -0.2) is 37.2 Å². The molecule has 0 radical (unpaired) electrons. The number of hydrogen-bond acceptors (Lipinski definition) is 3. The fraction of sp³-hybridized carbons (Fsp3) is 0.647. The van der Waals surface area contributed by atoms with Gasteiger partial charge in [0, 0.05) is 31.4 Å². The van der Waals surface area contributed by atoms with Crippen molar-refractivity contribution in [3.8, 4) is 0 Å². The minimum Gasteiger partial charge on any atom is -0.382 e. The van der Waals surface area contributed by atoms with Gasteiger partial charge >= 0.3 is 0 Å². The van der Waals surface area contributed by atoms with Gasteiger partial charge in [-0.15, -0.1) is 0 Å². The molecule has 20 heavy (non-hydrogen) atoms. The smallest absolute Gasteiger partial charge is 0.0594 e. The molecular weight excluding hydrogens is 248 g/mol. The van der Waals surface area contributed by atoms with Crippen LogP contribution >= 0.6 is 0 Å². The van der Waals surface area contributed by atoms with E-state index in [0.29, 0.717) is 6.04 Å². The van der Waals surface area contributed by atoms with E-state index < -0.39 is 0 Å². The van der Waals surface area contributed by atoms with Crippen molar-refractivity contribution in [3.05, 3.63) is 29.8 Å². The summed E-state index contributed by atoms with van der Waals surface area (Å²) in [5, 5.41) is 3.68. The van der Waals surface area contributed by atoms with Crippen molar-refractivity contribution < 1.29 is 4.74 Å². The Balaban J connectivity index is 1.51. The van der Waals surface area contributed by atoms with Crippen LogP contribution in [-0.2, 0) is 11.3 Å². The highest BCUT2D eigenvalue weighted by Crippen LogP contribution is 2.22. The second kappa shape index (κ2) is 7.09. The van der Waals surface area contributed by atoms with Crippen molar-refractivity contribution in [2.75, 3.05) is 31.6 Å². The molecule has 3 nitrogen and oxygen atoms in total. The van der Waals surface area contributed by atoms with Crippen LogP contribution in [0.1, 0.15) is 37.7 Å². The highest BCUT2D eigenvalue weighted by atomic mass is 16.5. The zero-order valence-corrected chi connectivity index (χ0v) is 12.3. The van der Waals surface area contributed by atoms with Crippen molar-refractivity contribution >= 4 is 5.69 Å². The van der Waals surface area contributed by atoms with E-state index in [1.165, 1.54) is 43.4 Å². The largest absolute Gasteiger partial charge is 0.382 e. The zero-order valence-electron chi connectivity index (χ0n) is 12.3. The fourth-order valence-corrected chi connectivity index (χ4v) is 3.21. The van der Waals surface area contributed by atoms with E-state index in [1.807, 2.05) is 0 Å². The number of morpholine rings is 1. The van der Waals surface area contributed by atoms with Crippen LogP contribution in [0.25, 0.3) is 0 Å². The van der Waals surface area contributed by atoms with Crippen molar-refractivity contribution in [2.45, 2.75) is 44.7 Å². The maximum Gasteiger partial charge on any atom is 0.0594 e. The van der Waals surface area contributed by atoms with Gasteiger partial charge in [0.1, 0.15) is 0 Å². The monoisotopic (exact) mass is 274 g/mol. The standard InChI is InChI=1S/C17H26N2O/c1-2-4-16(5-3-1)18-17-8-6-15(7-9-17)14-19-10-12-20-13-11-19/h6-9,16,18H,1-5,10-14H2. The molecule has 3 heteroatoms. The first kappa shape index (κ1) is 13.9. The van der Waals surface area contributed by atoms with Gasteiger partial charge in [-0.2, -0.15) is 0 Å². The Morgan fingerprint density at radius 2 is 1.70 bits per heavy atom. The summed E-state index contributed by atoms with van der Waals surface area (Å²) in [6.07, 6.45) is 6.83. The summed E-state index contributed by atoms with van der Waals surface area (Å²) in [7, 11) is 0. The Bertz CT molecular complexity index is 353. The fourth-order valence-electron chi connectivity index (χ4n) is 3.21. The van der Waals surface area contributed by atoms with E-state index in [-0.39, 0.29) is 0 Å². The number of hydrogen-bond donors (Lipinski definition) is 1. The quantitative estimate of drug-likeness (QED) is 0.912. The molecule has 3 rings (SSSR count). The third-order valence-corrected chi connectivity index (χ3v) is 4.44. The summed E-state index contributed by atoms with van der Waals surface area (Å²) in [5.41, 5.74) is 2.68. The number of anilines is 1. The van der Waals surface area contributed by atoms with Gasteiger partial charge in [0.05, 0.1) is 13.2 Å². The lowest BCUT2D eigenvalue weighted by Crippen LogP contribution is -2.35. The van der Waals surface area contributed by atoms with Crippen LogP contribution in [0.5, 0.6) is 0 Å². The van der Waals surface area contributed by atoms with E-state index in [9.17, 15) is 0 Å². The van der Waals surface area contributed by atoms with Gasteiger partial charge in [0.15, 0.2) is 0 Å². The second-order valence-electron chi connectivity index (χ2n) is 6.06. The first-order valence-corrected chi connectivity index (χ1v) is 8.06. The Labute approximate surface area is 122 Å². The van der Waals surface area contributed by atoms with Gasteiger partial charge in [0.25, 0.3) is 0 Å². The van der Waals surface area contributed by atoms with Crippen LogP contribution in [0.3, 0.4) is 0 Å². The molecular formula is C17H26N2O. The molecule has 110 valence electrons. The van der Waals surface area contributed by atoms with Gasteiger partial charge in [-0.25, -0.2) is 0 Å². The number of ether oxygens (including phenoxy) is 1.